The first kappa shape index (κ1) is 14.1. The maximum Gasteiger partial charge on any atom is 0.234 e. The molecule has 0 bridgehead atoms. The summed E-state index contributed by atoms with van der Waals surface area (Å²) >= 11 is 0. The third-order valence-corrected chi connectivity index (χ3v) is 3.88. The molecule has 3 nitrogen and oxygen atoms in total. The molecule has 2 rings (SSSR count). The summed E-state index contributed by atoms with van der Waals surface area (Å²) < 4.78 is 0. The van der Waals surface area contributed by atoms with Crippen LogP contribution in [0.1, 0.15) is 26.3 Å². The zero-order chi connectivity index (χ0) is 13.9. The topological polar surface area (TPSA) is 32.3 Å². The molecule has 0 radical (unpaired) electrons. The van der Waals surface area contributed by atoms with Crippen LogP contribution in [0.2, 0.25) is 0 Å². The van der Waals surface area contributed by atoms with Gasteiger partial charge in [0.1, 0.15) is 0 Å². The molecule has 0 aliphatic carbocycles. The van der Waals surface area contributed by atoms with Crippen LogP contribution in [0.15, 0.2) is 30.3 Å². The Bertz CT molecular complexity index is 416. The number of rotatable bonds is 4. The standard InChI is InChI=1S/C16H24N2O/c1-16(2,3)14-10-18(11-14)12-15(19)17-9-13-7-5-4-6-8-13/h4-8,14H,9-12H2,1-3H3,(H,17,19). The van der Waals surface area contributed by atoms with Crippen LogP contribution in [0.4, 0.5) is 0 Å². The van der Waals surface area contributed by atoms with Gasteiger partial charge in [-0.1, -0.05) is 51.1 Å². The Morgan fingerprint density at radius 1 is 1.26 bits per heavy atom. The summed E-state index contributed by atoms with van der Waals surface area (Å²) in [5, 5.41) is 2.97. The van der Waals surface area contributed by atoms with Gasteiger partial charge in [-0.2, -0.15) is 0 Å². The van der Waals surface area contributed by atoms with E-state index in [9.17, 15) is 4.79 Å². The van der Waals surface area contributed by atoms with Crippen LogP contribution >= 0.6 is 0 Å². The minimum Gasteiger partial charge on any atom is -0.351 e. The molecule has 0 unspecified atom stereocenters. The van der Waals surface area contributed by atoms with E-state index in [2.05, 4.69) is 31.0 Å². The van der Waals surface area contributed by atoms with Crippen molar-refractivity contribution >= 4 is 5.91 Å². The van der Waals surface area contributed by atoms with Crippen molar-refractivity contribution in [1.82, 2.24) is 10.2 Å². The van der Waals surface area contributed by atoms with Crippen molar-refractivity contribution in [2.75, 3.05) is 19.6 Å². The van der Waals surface area contributed by atoms with Crippen LogP contribution in [0, 0.1) is 11.3 Å². The maximum absolute atomic E-state index is 11.8. The van der Waals surface area contributed by atoms with E-state index < -0.39 is 0 Å². The van der Waals surface area contributed by atoms with Crippen molar-refractivity contribution in [3.05, 3.63) is 35.9 Å². The summed E-state index contributed by atoms with van der Waals surface area (Å²) in [7, 11) is 0. The van der Waals surface area contributed by atoms with Gasteiger partial charge < -0.3 is 5.32 Å². The summed E-state index contributed by atoms with van der Waals surface area (Å²) in [5.74, 6) is 0.839. The molecule has 104 valence electrons. The molecule has 1 aromatic carbocycles. The van der Waals surface area contributed by atoms with Gasteiger partial charge in [0.15, 0.2) is 0 Å². The molecule has 1 N–H and O–H groups in total. The SMILES string of the molecule is CC(C)(C)C1CN(CC(=O)NCc2ccccc2)C1. The summed E-state index contributed by atoms with van der Waals surface area (Å²) in [6.07, 6.45) is 0. The zero-order valence-corrected chi connectivity index (χ0v) is 12.1. The molecular weight excluding hydrogens is 236 g/mol. The molecule has 19 heavy (non-hydrogen) atoms. The number of carbonyl (C=O) groups excluding carboxylic acids is 1. The Morgan fingerprint density at radius 2 is 1.89 bits per heavy atom. The minimum absolute atomic E-state index is 0.121. The number of hydrogen-bond donors (Lipinski definition) is 1. The number of hydrogen-bond acceptors (Lipinski definition) is 2. The van der Waals surface area contributed by atoms with Crippen LogP contribution in [-0.4, -0.2) is 30.4 Å². The van der Waals surface area contributed by atoms with E-state index in [1.54, 1.807) is 0 Å². The molecule has 1 amide bonds. The van der Waals surface area contributed by atoms with E-state index in [4.69, 9.17) is 0 Å². The van der Waals surface area contributed by atoms with Crippen LogP contribution < -0.4 is 5.32 Å². The Morgan fingerprint density at radius 3 is 2.47 bits per heavy atom. The summed E-state index contributed by atoms with van der Waals surface area (Å²) in [5.41, 5.74) is 1.50. The lowest BCUT2D eigenvalue weighted by molar-refractivity contribution is -0.124. The molecule has 0 atom stereocenters. The van der Waals surface area contributed by atoms with Crippen LogP contribution in [0.3, 0.4) is 0 Å². The molecule has 1 saturated heterocycles. The molecule has 3 heteroatoms. The first-order valence-corrected chi connectivity index (χ1v) is 6.98. The fourth-order valence-corrected chi connectivity index (χ4v) is 2.30. The molecular formula is C16H24N2O. The minimum atomic E-state index is 0.121. The van der Waals surface area contributed by atoms with Crippen molar-refractivity contribution in [2.45, 2.75) is 27.3 Å². The molecule has 0 aromatic heterocycles. The van der Waals surface area contributed by atoms with E-state index in [-0.39, 0.29) is 5.91 Å². The van der Waals surface area contributed by atoms with Crippen molar-refractivity contribution in [2.24, 2.45) is 11.3 Å². The fourth-order valence-electron chi connectivity index (χ4n) is 2.30. The lowest BCUT2D eigenvalue weighted by Crippen LogP contribution is -2.54. The zero-order valence-electron chi connectivity index (χ0n) is 12.1. The molecule has 1 aliphatic heterocycles. The predicted molar refractivity (Wildman–Crippen MR) is 77.7 cm³/mol. The molecule has 1 aliphatic rings. The van der Waals surface area contributed by atoms with E-state index in [1.807, 2.05) is 30.3 Å². The monoisotopic (exact) mass is 260 g/mol. The highest BCUT2D eigenvalue weighted by molar-refractivity contribution is 5.78. The average Bonchev–Trinajstić information content (AvgIpc) is 2.30. The number of benzene rings is 1. The fraction of sp³-hybridized carbons (Fsp3) is 0.562. The number of carbonyl (C=O) groups is 1. The van der Waals surface area contributed by atoms with Gasteiger partial charge in [-0.15, -0.1) is 0 Å². The Labute approximate surface area is 116 Å². The van der Waals surface area contributed by atoms with Crippen LogP contribution in [0.5, 0.6) is 0 Å². The third kappa shape index (κ3) is 4.06. The van der Waals surface area contributed by atoms with Gasteiger partial charge in [0.2, 0.25) is 5.91 Å². The van der Waals surface area contributed by atoms with Gasteiger partial charge >= 0.3 is 0 Å². The van der Waals surface area contributed by atoms with Crippen LogP contribution in [0.25, 0.3) is 0 Å². The van der Waals surface area contributed by atoms with Crippen molar-refractivity contribution in [3.8, 4) is 0 Å². The van der Waals surface area contributed by atoms with E-state index in [0.29, 0.717) is 18.5 Å². The van der Waals surface area contributed by atoms with Crippen molar-refractivity contribution < 1.29 is 4.79 Å². The summed E-state index contributed by atoms with van der Waals surface area (Å²) in [6.45, 7) is 10.0. The summed E-state index contributed by atoms with van der Waals surface area (Å²) in [4.78, 5) is 14.0. The normalized spacial score (nSPS) is 17.0. The number of amides is 1. The molecule has 0 spiro atoms. The highest BCUT2D eigenvalue weighted by atomic mass is 16.2. The van der Waals surface area contributed by atoms with Gasteiger partial charge in [-0.3, -0.25) is 9.69 Å². The second-order valence-electron chi connectivity index (χ2n) is 6.52. The quantitative estimate of drug-likeness (QED) is 0.901. The Hall–Kier alpha value is -1.35. The van der Waals surface area contributed by atoms with E-state index in [1.165, 1.54) is 0 Å². The smallest absolute Gasteiger partial charge is 0.234 e. The van der Waals surface area contributed by atoms with Crippen molar-refractivity contribution in [3.63, 3.8) is 0 Å². The van der Waals surface area contributed by atoms with E-state index >= 15 is 0 Å². The van der Waals surface area contributed by atoms with Crippen LogP contribution in [-0.2, 0) is 11.3 Å². The van der Waals surface area contributed by atoms with Gasteiger partial charge in [0.25, 0.3) is 0 Å². The lowest BCUT2D eigenvalue weighted by Gasteiger charge is -2.46. The highest BCUT2D eigenvalue weighted by Crippen LogP contribution is 2.33. The molecule has 1 heterocycles. The van der Waals surface area contributed by atoms with Gasteiger partial charge in [0, 0.05) is 19.6 Å². The first-order chi connectivity index (χ1) is 8.95. The third-order valence-electron chi connectivity index (χ3n) is 3.88. The highest BCUT2D eigenvalue weighted by Gasteiger charge is 2.36. The van der Waals surface area contributed by atoms with Crippen molar-refractivity contribution in [1.29, 1.82) is 0 Å². The molecule has 0 saturated carbocycles. The Kier molecular flexibility index (Phi) is 4.25. The number of nitrogens with zero attached hydrogens (tertiary/aromatic N) is 1. The van der Waals surface area contributed by atoms with Gasteiger partial charge in [-0.25, -0.2) is 0 Å². The van der Waals surface area contributed by atoms with Gasteiger partial charge in [-0.05, 0) is 16.9 Å². The second-order valence-corrected chi connectivity index (χ2v) is 6.52. The predicted octanol–water partition coefficient (Wildman–Crippen LogP) is 2.28. The molecule has 1 fully saturated rings. The van der Waals surface area contributed by atoms with E-state index in [0.717, 1.165) is 24.6 Å². The second kappa shape index (κ2) is 5.74. The Balaban J connectivity index is 1.67. The number of nitrogens with one attached hydrogen (secondary N) is 1. The maximum atomic E-state index is 11.8. The lowest BCUT2D eigenvalue weighted by atomic mass is 9.76. The van der Waals surface area contributed by atoms with Gasteiger partial charge in [0.05, 0.1) is 6.54 Å². The average molecular weight is 260 g/mol. The summed E-state index contributed by atoms with van der Waals surface area (Å²) in [6, 6.07) is 10.0. The first-order valence-electron chi connectivity index (χ1n) is 6.98. The number of likely N-dealkylation sites (tertiary alicyclic amines) is 1. The largest absolute Gasteiger partial charge is 0.351 e. The molecule has 1 aromatic rings.